The van der Waals surface area contributed by atoms with E-state index in [-0.39, 0.29) is 0 Å². The van der Waals surface area contributed by atoms with E-state index in [0.717, 1.165) is 6.42 Å². The molecule has 2 aromatic rings. The number of hydrogen-bond acceptors (Lipinski definition) is 0. The topological polar surface area (TPSA) is 0 Å². The second kappa shape index (κ2) is 4.57. The molecule has 1 heteroatoms. The van der Waals surface area contributed by atoms with Gasteiger partial charge in [0.15, 0.2) is 0 Å². The summed E-state index contributed by atoms with van der Waals surface area (Å²) in [5, 5.41) is 3.25. The second-order valence-corrected chi connectivity index (χ2v) is 12.6. The molecule has 0 aliphatic carbocycles. The summed E-state index contributed by atoms with van der Waals surface area (Å²) >= 11 is 0. The van der Waals surface area contributed by atoms with Gasteiger partial charge in [-0.3, -0.25) is 0 Å². The van der Waals surface area contributed by atoms with Crippen molar-refractivity contribution in [3.63, 3.8) is 0 Å². The molecule has 0 bridgehead atoms. The predicted molar refractivity (Wildman–Crippen MR) is 96.5 cm³/mol. The highest BCUT2D eigenvalue weighted by atomic mass is 28.3. The fourth-order valence-electron chi connectivity index (χ4n) is 3.62. The molecule has 0 atom stereocenters. The number of aryl methyl sites for hydroxylation is 1. The first-order chi connectivity index (χ1) is 9.68. The minimum Gasteiger partial charge on any atom is -0.0616 e. The Morgan fingerprint density at radius 2 is 1.43 bits per heavy atom. The van der Waals surface area contributed by atoms with Crippen LogP contribution < -0.4 is 10.4 Å². The molecule has 0 nitrogen and oxygen atoms in total. The Kier molecular flexibility index (Phi) is 3.18. The lowest BCUT2D eigenvalue weighted by Crippen LogP contribution is -2.49. The van der Waals surface area contributed by atoms with E-state index in [0.29, 0.717) is 5.41 Å². The van der Waals surface area contributed by atoms with Crippen molar-refractivity contribution in [3.05, 3.63) is 47.5 Å². The maximum atomic E-state index is 2.50. The summed E-state index contributed by atoms with van der Waals surface area (Å²) in [5.74, 6) is 0. The van der Waals surface area contributed by atoms with Crippen molar-refractivity contribution >= 4 is 18.4 Å². The van der Waals surface area contributed by atoms with Crippen LogP contribution in [0, 0.1) is 12.3 Å². The normalized spacial score (nSPS) is 15.7. The first kappa shape index (κ1) is 14.6. The number of rotatable bonds is 1. The molecule has 0 radical (unpaired) electrons. The highest BCUT2D eigenvalue weighted by Crippen LogP contribution is 2.30. The number of fused-ring (bicyclic) bond motifs is 3. The molecule has 110 valence electrons. The zero-order valence-electron chi connectivity index (χ0n) is 14.2. The van der Waals surface area contributed by atoms with Gasteiger partial charge in [0.2, 0.25) is 0 Å². The van der Waals surface area contributed by atoms with Gasteiger partial charge in [-0.1, -0.05) is 75.8 Å². The van der Waals surface area contributed by atoms with Gasteiger partial charge in [-0.05, 0) is 45.8 Å². The van der Waals surface area contributed by atoms with Gasteiger partial charge >= 0.3 is 0 Å². The standard InChI is InChI=1S/C20H26Si/c1-14-7-9-16-17-10-8-15(13-20(2,3)4)12-19(17)21(5,6)18(16)11-14/h7-12H,13H2,1-6H3. The monoisotopic (exact) mass is 294 g/mol. The van der Waals surface area contributed by atoms with Crippen molar-refractivity contribution in [3.8, 4) is 11.1 Å². The van der Waals surface area contributed by atoms with Gasteiger partial charge in [0.05, 0.1) is 0 Å². The molecule has 3 rings (SSSR count). The second-order valence-electron chi connectivity index (χ2n) is 8.29. The Morgan fingerprint density at radius 1 is 0.857 bits per heavy atom. The van der Waals surface area contributed by atoms with Crippen LogP contribution in [0.4, 0.5) is 0 Å². The van der Waals surface area contributed by atoms with E-state index in [1.54, 1.807) is 10.4 Å². The molecule has 0 spiro atoms. The zero-order chi connectivity index (χ0) is 15.4. The summed E-state index contributed by atoms with van der Waals surface area (Å²) in [5.41, 5.74) is 6.19. The van der Waals surface area contributed by atoms with E-state index in [1.807, 2.05) is 0 Å². The van der Waals surface area contributed by atoms with Gasteiger partial charge in [0, 0.05) is 0 Å². The molecule has 0 fully saturated rings. The van der Waals surface area contributed by atoms with Crippen LogP contribution in [-0.4, -0.2) is 8.07 Å². The van der Waals surface area contributed by atoms with Crippen LogP contribution in [0.5, 0.6) is 0 Å². The third-order valence-electron chi connectivity index (χ3n) is 4.63. The van der Waals surface area contributed by atoms with Crippen LogP contribution >= 0.6 is 0 Å². The van der Waals surface area contributed by atoms with E-state index in [9.17, 15) is 0 Å². The van der Waals surface area contributed by atoms with Crippen LogP contribution in [-0.2, 0) is 6.42 Å². The average Bonchev–Trinajstić information content (AvgIpc) is 2.57. The maximum Gasteiger partial charge on any atom is 0.113 e. The van der Waals surface area contributed by atoms with Gasteiger partial charge < -0.3 is 0 Å². The summed E-state index contributed by atoms with van der Waals surface area (Å²) in [7, 11) is -1.52. The molecule has 0 unspecified atom stereocenters. The molecule has 1 aliphatic heterocycles. The van der Waals surface area contributed by atoms with E-state index < -0.39 is 8.07 Å². The maximum absolute atomic E-state index is 2.50. The summed E-state index contributed by atoms with van der Waals surface area (Å²) in [6.07, 6.45) is 1.15. The van der Waals surface area contributed by atoms with Crippen LogP contribution in [0.3, 0.4) is 0 Å². The largest absolute Gasteiger partial charge is 0.113 e. The van der Waals surface area contributed by atoms with Gasteiger partial charge in [0.25, 0.3) is 0 Å². The third kappa shape index (κ3) is 2.48. The van der Waals surface area contributed by atoms with Crippen molar-refractivity contribution in [1.29, 1.82) is 0 Å². The van der Waals surface area contributed by atoms with Crippen molar-refractivity contribution in [2.75, 3.05) is 0 Å². The third-order valence-corrected chi connectivity index (χ3v) is 8.15. The van der Waals surface area contributed by atoms with Crippen molar-refractivity contribution < 1.29 is 0 Å². The van der Waals surface area contributed by atoms with E-state index in [4.69, 9.17) is 0 Å². The molecule has 0 saturated carbocycles. The minimum atomic E-state index is -1.52. The Labute approximate surface area is 130 Å². The smallest absolute Gasteiger partial charge is 0.0616 e. The van der Waals surface area contributed by atoms with Crippen LogP contribution in [0.1, 0.15) is 31.9 Å². The molecule has 2 aromatic carbocycles. The molecule has 0 amide bonds. The van der Waals surface area contributed by atoms with Gasteiger partial charge in [-0.2, -0.15) is 0 Å². The van der Waals surface area contributed by atoms with Crippen LogP contribution in [0.15, 0.2) is 36.4 Å². The molecule has 0 saturated heterocycles. The lowest BCUT2D eigenvalue weighted by atomic mass is 9.87. The van der Waals surface area contributed by atoms with Crippen molar-refractivity contribution in [2.24, 2.45) is 5.41 Å². The highest BCUT2D eigenvalue weighted by molar-refractivity contribution is 7.03. The Hall–Kier alpha value is -1.34. The molecule has 1 aliphatic rings. The molecule has 1 heterocycles. The Balaban J connectivity index is 2.14. The molecule has 21 heavy (non-hydrogen) atoms. The Bertz CT molecular complexity index is 702. The summed E-state index contributed by atoms with van der Waals surface area (Å²) < 4.78 is 0. The number of benzene rings is 2. The molecular weight excluding hydrogens is 268 g/mol. The highest BCUT2D eigenvalue weighted by Gasteiger charge is 2.37. The molecule has 0 aromatic heterocycles. The average molecular weight is 295 g/mol. The van der Waals surface area contributed by atoms with Gasteiger partial charge in [0.1, 0.15) is 8.07 Å². The fourth-order valence-corrected chi connectivity index (χ4v) is 6.83. The zero-order valence-corrected chi connectivity index (χ0v) is 15.2. The van der Waals surface area contributed by atoms with E-state index in [2.05, 4.69) is 77.2 Å². The minimum absolute atomic E-state index is 0.349. The summed E-state index contributed by atoms with van der Waals surface area (Å²) in [6, 6.07) is 14.2. The predicted octanol–water partition coefficient (Wildman–Crippen LogP) is 4.39. The van der Waals surface area contributed by atoms with Crippen molar-refractivity contribution in [2.45, 2.75) is 47.2 Å². The number of hydrogen-bond donors (Lipinski definition) is 0. The molecular formula is C20H26Si. The molecule has 0 N–H and O–H groups in total. The van der Waals surface area contributed by atoms with Gasteiger partial charge in [-0.15, -0.1) is 0 Å². The first-order valence-corrected chi connectivity index (χ1v) is 10.9. The fraction of sp³-hybridized carbons (Fsp3) is 0.400. The lowest BCUT2D eigenvalue weighted by molar-refractivity contribution is 0.411. The van der Waals surface area contributed by atoms with E-state index in [1.165, 1.54) is 22.3 Å². The first-order valence-electron chi connectivity index (χ1n) is 7.93. The summed E-state index contributed by atoms with van der Waals surface area (Å²) in [4.78, 5) is 0. The van der Waals surface area contributed by atoms with Crippen LogP contribution in [0.25, 0.3) is 11.1 Å². The van der Waals surface area contributed by atoms with Crippen LogP contribution in [0.2, 0.25) is 13.1 Å². The Morgan fingerprint density at radius 3 is 2.05 bits per heavy atom. The van der Waals surface area contributed by atoms with Gasteiger partial charge in [-0.25, -0.2) is 0 Å². The van der Waals surface area contributed by atoms with E-state index >= 15 is 0 Å². The quantitative estimate of drug-likeness (QED) is 0.684. The van der Waals surface area contributed by atoms with Crippen molar-refractivity contribution in [1.82, 2.24) is 0 Å². The lowest BCUT2D eigenvalue weighted by Gasteiger charge is -2.22. The SMILES string of the molecule is Cc1ccc2c(c1)[Si](C)(C)c1cc(CC(C)(C)C)ccc1-2. The summed E-state index contributed by atoms with van der Waals surface area (Å²) in [6.45, 7) is 14.2.